The van der Waals surface area contributed by atoms with E-state index in [9.17, 15) is 8.42 Å². The summed E-state index contributed by atoms with van der Waals surface area (Å²) < 4.78 is 34.7. The van der Waals surface area contributed by atoms with Gasteiger partial charge in [0, 0.05) is 0 Å². The van der Waals surface area contributed by atoms with Crippen molar-refractivity contribution in [1.82, 2.24) is 0 Å². The van der Waals surface area contributed by atoms with Crippen LogP contribution in [0.4, 0.5) is 0 Å². The highest BCUT2D eigenvalue weighted by atomic mass is 32.3. The van der Waals surface area contributed by atoms with Crippen LogP contribution in [0.3, 0.4) is 0 Å². The average Bonchev–Trinajstić information content (AvgIpc) is 2.90. The molecular weight excluding hydrogens is 504 g/mol. The first-order chi connectivity index (χ1) is 18.7. The Hall–Kier alpha value is -0.130. The Morgan fingerprint density at radius 1 is 0.410 bits per heavy atom. The lowest BCUT2D eigenvalue weighted by Crippen LogP contribution is -2.18. The van der Waals surface area contributed by atoms with Gasteiger partial charge in [0.1, 0.15) is 0 Å². The Balaban J connectivity index is 3.70. The Morgan fingerprint density at radius 2 is 0.667 bits per heavy atom. The Labute approximate surface area is 246 Å². The van der Waals surface area contributed by atoms with Gasteiger partial charge in [0.2, 0.25) is 0 Å². The summed E-state index contributed by atoms with van der Waals surface area (Å²) in [5.41, 5.74) is 0. The monoisotopic (exact) mass is 574 g/mol. The maximum Gasteiger partial charge on any atom is 0.399 e. The number of hydrogen-bond acceptors (Lipinski definition) is 4. The Bertz CT molecular complexity index is 560. The quantitative estimate of drug-likeness (QED) is 0.0800. The maximum atomic E-state index is 12.2. The number of rotatable bonds is 30. The first kappa shape index (κ1) is 38.9. The second-order valence-corrected chi connectivity index (χ2v) is 14.4. The van der Waals surface area contributed by atoms with E-state index in [1.165, 1.54) is 116 Å². The van der Waals surface area contributed by atoms with Gasteiger partial charge in [-0.25, -0.2) is 8.37 Å². The number of unbranched alkanes of at least 4 members (excludes halogenated alkanes) is 12. The van der Waals surface area contributed by atoms with E-state index in [-0.39, 0.29) is 25.0 Å². The third-order valence-corrected chi connectivity index (χ3v) is 9.23. The molecule has 0 bridgehead atoms. The third kappa shape index (κ3) is 27.8. The summed E-state index contributed by atoms with van der Waals surface area (Å²) in [7, 11) is -3.89. The van der Waals surface area contributed by atoms with Gasteiger partial charge in [0.25, 0.3) is 0 Å². The lowest BCUT2D eigenvalue weighted by molar-refractivity contribution is 0.170. The van der Waals surface area contributed by atoms with Crippen LogP contribution in [0.15, 0.2) is 0 Å². The SMILES string of the molecule is CCCCCCC(C)CCCCCCC(C)COS(=O)(=O)OCC(C)CCCCCCC(C)CCCCCC. The van der Waals surface area contributed by atoms with Crippen molar-refractivity contribution in [3.8, 4) is 0 Å². The van der Waals surface area contributed by atoms with Gasteiger partial charge in [-0.2, -0.15) is 8.42 Å². The molecule has 4 unspecified atom stereocenters. The van der Waals surface area contributed by atoms with Gasteiger partial charge in [-0.15, -0.1) is 0 Å². The highest BCUT2D eigenvalue weighted by Gasteiger charge is 2.16. The lowest BCUT2D eigenvalue weighted by Gasteiger charge is -2.14. The molecule has 0 aromatic carbocycles. The zero-order valence-corrected chi connectivity index (χ0v) is 28.1. The molecule has 4 nitrogen and oxygen atoms in total. The van der Waals surface area contributed by atoms with Gasteiger partial charge >= 0.3 is 10.4 Å². The van der Waals surface area contributed by atoms with Crippen molar-refractivity contribution >= 4 is 10.4 Å². The molecule has 4 atom stereocenters. The van der Waals surface area contributed by atoms with Gasteiger partial charge in [0.05, 0.1) is 13.2 Å². The molecule has 0 spiro atoms. The van der Waals surface area contributed by atoms with Crippen molar-refractivity contribution in [3.63, 3.8) is 0 Å². The van der Waals surface area contributed by atoms with Gasteiger partial charge < -0.3 is 0 Å². The molecule has 0 amide bonds. The van der Waals surface area contributed by atoms with E-state index in [0.29, 0.717) is 0 Å². The summed E-state index contributed by atoms with van der Waals surface area (Å²) in [4.78, 5) is 0. The van der Waals surface area contributed by atoms with Crippen LogP contribution in [0.1, 0.15) is 183 Å². The van der Waals surface area contributed by atoms with E-state index in [0.717, 1.165) is 37.5 Å². The van der Waals surface area contributed by atoms with Crippen molar-refractivity contribution in [1.29, 1.82) is 0 Å². The number of hydrogen-bond donors (Lipinski definition) is 0. The highest BCUT2D eigenvalue weighted by molar-refractivity contribution is 7.81. The second-order valence-electron chi connectivity index (χ2n) is 13.1. The van der Waals surface area contributed by atoms with Crippen LogP contribution in [0.2, 0.25) is 0 Å². The molecule has 0 aromatic heterocycles. The minimum Gasteiger partial charge on any atom is -0.248 e. The third-order valence-electron chi connectivity index (χ3n) is 8.38. The second kappa shape index (κ2) is 26.7. The molecule has 5 heteroatoms. The summed E-state index contributed by atoms with van der Waals surface area (Å²) in [6.07, 6.45) is 28.3. The van der Waals surface area contributed by atoms with Gasteiger partial charge in [-0.3, -0.25) is 0 Å². The zero-order chi connectivity index (χ0) is 29.2. The van der Waals surface area contributed by atoms with Crippen molar-refractivity contribution in [2.24, 2.45) is 23.7 Å². The Morgan fingerprint density at radius 3 is 0.949 bits per heavy atom. The fraction of sp³-hybridized carbons (Fsp3) is 1.00. The fourth-order valence-electron chi connectivity index (χ4n) is 5.41. The molecule has 39 heavy (non-hydrogen) atoms. The molecule has 0 N–H and O–H groups in total. The van der Waals surface area contributed by atoms with Crippen LogP contribution >= 0.6 is 0 Å². The summed E-state index contributed by atoms with van der Waals surface area (Å²) in [5, 5.41) is 0. The lowest BCUT2D eigenvalue weighted by atomic mass is 9.95. The summed E-state index contributed by atoms with van der Waals surface area (Å²) >= 11 is 0. The molecule has 0 rings (SSSR count). The molecule has 236 valence electrons. The van der Waals surface area contributed by atoms with Crippen molar-refractivity contribution < 1.29 is 16.8 Å². The van der Waals surface area contributed by atoms with E-state index in [1.54, 1.807) is 0 Å². The largest absolute Gasteiger partial charge is 0.399 e. The van der Waals surface area contributed by atoms with Crippen LogP contribution < -0.4 is 0 Å². The minimum absolute atomic E-state index is 0.225. The molecule has 0 radical (unpaired) electrons. The van der Waals surface area contributed by atoms with Crippen molar-refractivity contribution in [2.75, 3.05) is 13.2 Å². The van der Waals surface area contributed by atoms with Crippen LogP contribution in [-0.4, -0.2) is 21.6 Å². The maximum absolute atomic E-state index is 12.2. The first-order valence-corrected chi connectivity index (χ1v) is 18.6. The van der Waals surface area contributed by atoms with Gasteiger partial charge in [-0.1, -0.05) is 170 Å². The van der Waals surface area contributed by atoms with E-state index in [1.807, 2.05) is 0 Å². The standard InChI is InChI=1S/C34H70O4S/c1-7-9-11-17-23-31(3)25-19-13-15-21-27-33(5)29-37-39(35,36)38-30-34(6)28-22-16-14-20-26-32(4)24-18-12-10-8-2/h31-34H,7-30H2,1-6H3. The molecular formula is C34H70O4S. The van der Waals surface area contributed by atoms with Crippen LogP contribution in [-0.2, 0) is 18.8 Å². The first-order valence-electron chi connectivity index (χ1n) is 17.2. The average molecular weight is 575 g/mol. The Kier molecular flexibility index (Phi) is 26.7. The summed E-state index contributed by atoms with van der Waals surface area (Å²) in [6, 6.07) is 0. The smallest absolute Gasteiger partial charge is 0.248 e. The van der Waals surface area contributed by atoms with Gasteiger partial charge in [0.15, 0.2) is 0 Å². The molecule has 0 saturated heterocycles. The van der Waals surface area contributed by atoms with E-state index < -0.39 is 10.4 Å². The van der Waals surface area contributed by atoms with Crippen LogP contribution in [0.5, 0.6) is 0 Å². The van der Waals surface area contributed by atoms with Crippen molar-refractivity contribution in [2.45, 2.75) is 183 Å². The molecule has 0 aliphatic rings. The molecule has 0 aliphatic heterocycles. The van der Waals surface area contributed by atoms with Gasteiger partial charge in [-0.05, 0) is 36.5 Å². The fourth-order valence-corrected chi connectivity index (χ4v) is 6.27. The van der Waals surface area contributed by atoms with Crippen LogP contribution in [0, 0.1) is 23.7 Å². The summed E-state index contributed by atoms with van der Waals surface area (Å²) in [6.45, 7) is 13.9. The molecule has 0 aliphatic carbocycles. The normalized spacial score (nSPS) is 15.3. The van der Waals surface area contributed by atoms with Crippen molar-refractivity contribution in [3.05, 3.63) is 0 Å². The highest BCUT2D eigenvalue weighted by Crippen LogP contribution is 2.20. The predicted molar refractivity (Wildman–Crippen MR) is 170 cm³/mol. The van der Waals surface area contributed by atoms with Crippen LogP contribution in [0.25, 0.3) is 0 Å². The molecule has 0 heterocycles. The summed E-state index contributed by atoms with van der Waals surface area (Å²) in [5.74, 6) is 2.17. The molecule has 0 aromatic rings. The van der Waals surface area contributed by atoms with E-state index in [2.05, 4.69) is 41.5 Å². The minimum atomic E-state index is -3.89. The topological polar surface area (TPSA) is 52.6 Å². The zero-order valence-electron chi connectivity index (χ0n) is 27.3. The predicted octanol–water partition coefficient (Wildman–Crippen LogP) is 11.4. The van der Waals surface area contributed by atoms with E-state index in [4.69, 9.17) is 8.37 Å². The van der Waals surface area contributed by atoms with E-state index >= 15 is 0 Å². The molecule has 0 saturated carbocycles. The molecule has 0 fully saturated rings.